The minimum absolute atomic E-state index is 0.268. The van der Waals surface area contributed by atoms with E-state index in [1.54, 1.807) is 9.80 Å². The third-order valence-corrected chi connectivity index (χ3v) is 6.31. The van der Waals surface area contributed by atoms with Gasteiger partial charge < -0.3 is 19.3 Å². The number of piperidine rings is 1. The molecule has 0 unspecified atom stereocenters. The standard InChI is InChI=1S/C27H36N2O4/c1-5-18-28(6-2)25(30)32-23-14-10-21(11-15-23)27(3,4)22-12-16-24(17-13-22)33-26(31)29-19-8-7-9-20-29/h10-17H,5-9,18-20H2,1-4H3. The molecule has 0 N–H and O–H groups in total. The van der Waals surface area contributed by atoms with Crippen molar-refractivity contribution in [1.82, 2.24) is 9.80 Å². The van der Waals surface area contributed by atoms with E-state index < -0.39 is 0 Å². The average molecular weight is 453 g/mol. The maximum atomic E-state index is 12.3. The SMILES string of the molecule is CCCN(CC)C(=O)Oc1ccc(C(C)(C)c2ccc(OC(=O)N3CCCCC3)cc2)cc1. The second-order valence-corrected chi connectivity index (χ2v) is 9.04. The summed E-state index contributed by atoms with van der Waals surface area (Å²) in [6.45, 7) is 11.1. The first-order chi connectivity index (χ1) is 15.8. The minimum atomic E-state index is -0.318. The third-order valence-electron chi connectivity index (χ3n) is 6.31. The van der Waals surface area contributed by atoms with E-state index in [0.29, 0.717) is 24.6 Å². The van der Waals surface area contributed by atoms with Gasteiger partial charge >= 0.3 is 12.2 Å². The number of rotatable bonds is 7. The normalized spacial score (nSPS) is 14.0. The molecular formula is C27H36N2O4. The van der Waals surface area contributed by atoms with Gasteiger partial charge in [0.05, 0.1) is 0 Å². The van der Waals surface area contributed by atoms with Gasteiger partial charge in [0, 0.05) is 31.6 Å². The molecule has 0 aromatic heterocycles. The van der Waals surface area contributed by atoms with E-state index in [1.807, 2.05) is 62.4 Å². The maximum absolute atomic E-state index is 12.3. The minimum Gasteiger partial charge on any atom is -0.410 e. The monoisotopic (exact) mass is 452 g/mol. The average Bonchev–Trinajstić information content (AvgIpc) is 2.83. The first-order valence-electron chi connectivity index (χ1n) is 12.0. The highest BCUT2D eigenvalue weighted by molar-refractivity contribution is 5.71. The van der Waals surface area contributed by atoms with Crippen LogP contribution < -0.4 is 9.47 Å². The van der Waals surface area contributed by atoms with Crippen molar-refractivity contribution in [1.29, 1.82) is 0 Å². The molecule has 178 valence electrons. The summed E-state index contributed by atoms with van der Waals surface area (Å²) in [6.07, 6.45) is 3.55. The van der Waals surface area contributed by atoms with Crippen LogP contribution in [0.25, 0.3) is 0 Å². The number of likely N-dealkylation sites (tertiary alicyclic amines) is 1. The summed E-state index contributed by atoms with van der Waals surface area (Å²) in [4.78, 5) is 28.1. The van der Waals surface area contributed by atoms with Gasteiger partial charge in [0.15, 0.2) is 0 Å². The molecule has 1 aliphatic rings. The highest BCUT2D eigenvalue weighted by Crippen LogP contribution is 2.33. The molecule has 1 heterocycles. The summed E-state index contributed by atoms with van der Waals surface area (Å²) >= 11 is 0. The number of nitrogens with zero attached hydrogens (tertiary/aromatic N) is 2. The van der Waals surface area contributed by atoms with Crippen molar-refractivity contribution in [3.05, 3.63) is 59.7 Å². The van der Waals surface area contributed by atoms with Crippen molar-refractivity contribution in [3.8, 4) is 11.5 Å². The molecule has 0 radical (unpaired) electrons. The highest BCUT2D eigenvalue weighted by atomic mass is 16.6. The van der Waals surface area contributed by atoms with E-state index in [2.05, 4.69) is 13.8 Å². The number of carbonyl (C=O) groups is 2. The Labute approximate surface area is 197 Å². The Balaban J connectivity index is 1.64. The lowest BCUT2D eigenvalue weighted by Gasteiger charge is -2.27. The quantitative estimate of drug-likeness (QED) is 0.500. The molecule has 6 heteroatoms. The van der Waals surface area contributed by atoms with Crippen molar-refractivity contribution in [2.24, 2.45) is 0 Å². The molecule has 2 amide bonds. The van der Waals surface area contributed by atoms with Crippen LogP contribution in [0.3, 0.4) is 0 Å². The molecule has 0 atom stereocenters. The summed E-state index contributed by atoms with van der Waals surface area (Å²) in [7, 11) is 0. The number of benzene rings is 2. The maximum Gasteiger partial charge on any atom is 0.415 e. The number of hydrogen-bond donors (Lipinski definition) is 0. The smallest absolute Gasteiger partial charge is 0.410 e. The fraction of sp³-hybridized carbons (Fsp3) is 0.481. The van der Waals surface area contributed by atoms with Crippen molar-refractivity contribution < 1.29 is 19.1 Å². The summed E-state index contributed by atoms with van der Waals surface area (Å²) in [5.41, 5.74) is 1.93. The molecule has 6 nitrogen and oxygen atoms in total. The van der Waals surface area contributed by atoms with Crippen molar-refractivity contribution in [2.75, 3.05) is 26.2 Å². The summed E-state index contributed by atoms with van der Waals surface area (Å²) in [6, 6.07) is 15.3. The number of carbonyl (C=O) groups excluding carboxylic acids is 2. The molecule has 0 bridgehead atoms. The fourth-order valence-corrected chi connectivity index (χ4v) is 4.10. The van der Waals surface area contributed by atoms with Gasteiger partial charge in [0.1, 0.15) is 11.5 Å². The highest BCUT2D eigenvalue weighted by Gasteiger charge is 2.24. The van der Waals surface area contributed by atoms with Gasteiger partial charge in [0.25, 0.3) is 0 Å². The van der Waals surface area contributed by atoms with Crippen molar-refractivity contribution >= 4 is 12.2 Å². The third kappa shape index (κ3) is 6.28. The van der Waals surface area contributed by atoms with E-state index in [0.717, 1.165) is 43.5 Å². The zero-order valence-corrected chi connectivity index (χ0v) is 20.3. The molecule has 2 aromatic carbocycles. The van der Waals surface area contributed by atoms with Crippen LogP contribution in [0.15, 0.2) is 48.5 Å². The lowest BCUT2D eigenvalue weighted by molar-refractivity contribution is 0.142. The topological polar surface area (TPSA) is 59.1 Å². The number of hydrogen-bond acceptors (Lipinski definition) is 4. The van der Waals surface area contributed by atoms with Crippen LogP contribution in [0.5, 0.6) is 11.5 Å². The van der Waals surface area contributed by atoms with Crippen LogP contribution in [-0.4, -0.2) is 48.2 Å². The second kappa shape index (κ2) is 11.2. The largest absolute Gasteiger partial charge is 0.415 e. The Kier molecular flexibility index (Phi) is 8.37. The molecule has 33 heavy (non-hydrogen) atoms. The fourth-order valence-electron chi connectivity index (χ4n) is 4.10. The van der Waals surface area contributed by atoms with Gasteiger partial charge in [-0.25, -0.2) is 9.59 Å². The molecular weight excluding hydrogens is 416 g/mol. The van der Waals surface area contributed by atoms with Gasteiger partial charge in [0.2, 0.25) is 0 Å². The van der Waals surface area contributed by atoms with E-state index in [1.165, 1.54) is 6.42 Å². The Morgan fingerprint density at radius 2 is 1.36 bits per heavy atom. The summed E-state index contributed by atoms with van der Waals surface area (Å²) in [5.74, 6) is 1.09. The van der Waals surface area contributed by atoms with Crippen LogP contribution in [0.1, 0.15) is 64.5 Å². The molecule has 1 saturated heterocycles. The Morgan fingerprint density at radius 3 is 1.85 bits per heavy atom. The molecule has 0 spiro atoms. The summed E-state index contributed by atoms with van der Waals surface area (Å²) in [5, 5.41) is 0. The van der Waals surface area contributed by atoms with Crippen LogP contribution in [0.4, 0.5) is 9.59 Å². The van der Waals surface area contributed by atoms with Gasteiger partial charge in [-0.1, -0.05) is 45.0 Å². The van der Waals surface area contributed by atoms with Crippen molar-refractivity contribution in [2.45, 2.75) is 58.8 Å². The predicted octanol–water partition coefficient (Wildman–Crippen LogP) is 6.23. The molecule has 0 aliphatic carbocycles. The Morgan fingerprint density at radius 1 is 0.848 bits per heavy atom. The zero-order valence-electron chi connectivity index (χ0n) is 20.3. The lowest BCUT2D eigenvalue weighted by Crippen LogP contribution is -2.37. The first kappa shape index (κ1) is 24.6. The Bertz CT molecular complexity index is 852. The van der Waals surface area contributed by atoms with Crippen LogP contribution >= 0.6 is 0 Å². The van der Waals surface area contributed by atoms with Crippen molar-refractivity contribution in [3.63, 3.8) is 0 Å². The van der Waals surface area contributed by atoms with Crippen LogP contribution in [-0.2, 0) is 5.41 Å². The molecule has 1 aliphatic heterocycles. The zero-order chi connectivity index (χ0) is 23.8. The summed E-state index contributed by atoms with van der Waals surface area (Å²) < 4.78 is 11.1. The number of amides is 2. The number of ether oxygens (including phenoxy) is 2. The second-order valence-electron chi connectivity index (χ2n) is 9.04. The van der Waals surface area contributed by atoms with Gasteiger partial charge in [-0.3, -0.25) is 0 Å². The molecule has 1 fully saturated rings. The van der Waals surface area contributed by atoms with Gasteiger partial charge in [-0.2, -0.15) is 0 Å². The van der Waals surface area contributed by atoms with Gasteiger partial charge in [-0.05, 0) is 68.0 Å². The van der Waals surface area contributed by atoms with E-state index in [9.17, 15) is 9.59 Å². The molecule has 3 rings (SSSR count). The molecule has 2 aromatic rings. The first-order valence-corrected chi connectivity index (χ1v) is 12.0. The van der Waals surface area contributed by atoms with E-state index in [4.69, 9.17) is 9.47 Å². The Hall–Kier alpha value is -3.02. The van der Waals surface area contributed by atoms with Crippen LogP contribution in [0, 0.1) is 0 Å². The lowest BCUT2D eigenvalue weighted by atomic mass is 9.78. The van der Waals surface area contributed by atoms with E-state index in [-0.39, 0.29) is 17.6 Å². The van der Waals surface area contributed by atoms with E-state index >= 15 is 0 Å². The van der Waals surface area contributed by atoms with Gasteiger partial charge in [-0.15, -0.1) is 0 Å². The predicted molar refractivity (Wildman–Crippen MR) is 130 cm³/mol. The van der Waals surface area contributed by atoms with Crippen LogP contribution in [0.2, 0.25) is 0 Å². The molecule has 0 saturated carbocycles.